The van der Waals surface area contributed by atoms with Crippen LogP contribution in [0.1, 0.15) is 13.8 Å². The highest BCUT2D eigenvalue weighted by Gasteiger charge is 2.36. The van der Waals surface area contributed by atoms with E-state index in [-0.39, 0.29) is 40.4 Å². The maximum absolute atomic E-state index is 13.0. The molecule has 4 N–H and O–H groups in total. The van der Waals surface area contributed by atoms with Crippen LogP contribution in [0.5, 0.6) is 5.75 Å². The minimum atomic E-state index is -4.05. The third-order valence-electron chi connectivity index (χ3n) is 4.67. The highest BCUT2D eigenvalue weighted by Crippen LogP contribution is 2.30. The molecule has 1 aliphatic heterocycles. The lowest BCUT2D eigenvalue weighted by Crippen LogP contribution is -2.31. The van der Waals surface area contributed by atoms with Crippen molar-refractivity contribution in [3.05, 3.63) is 42.5 Å². The van der Waals surface area contributed by atoms with Gasteiger partial charge in [0.2, 0.25) is 5.91 Å². The molecule has 2 unspecified atom stereocenters. The highest BCUT2D eigenvalue weighted by molar-refractivity contribution is 7.93. The number of aliphatic hydroxyl groups is 1. The number of ether oxygens (including phenoxy) is 1. The van der Waals surface area contributed by atoms with E-state index >= 15 is 0 Å². The third-order valence-corrected chi connectivity index (χ3v) is 7.78. The van der Waals surface area contributed by atoms with Gasteiger partial charge in [0, 0.05) is 24.0 Å². The van der Waals surface area contributed by atoms with Crippen LogP contribution in [0.15, 0.2) is 47.4 Å². The van der Waals surface area contributed by atoms with Gasteiger partial charge in [-0.25, -0.2) is 16.8 Å². The fourth-order valence-corrected chi connectivity index (χ4v) is 6.27. The first-order valence-electron chi connectivity index (χ1n) is 9.81. The minimum absolute atomic E-state index is 0.132. The van der Waals surface area contributed by atoms with Gasteiger partial charge in [-0.1, -0.05) is 0 Å². The molecule has 0 bridgehead atoms. The second kappa shape index (κ2) is 9.35. The van der Waals surface area contributed by atoms with Gasteiger partial charge in [0.25, 0.3) is 10.0 Å². The summed E-state index contributed by atoms with van der Waals surface area (Å²) in [7, 11) is -7.34. The lowest BCUT2D eigenvalue weighted by molar-refractivity contribution is -0.114. The van der Waals surface area contributed by atoms with Crippen molar-refractivity contribution < 1.29 is 31.5 Å². The first-order chi connectivity index (χ1) is 15.0. The van der Waals surface area contributed by atoms with Crippen molar-refractivity contribution in [3.63, 3.8) is 0 Å². The summed E-state index contributed by atoms with van der Waals surface area (Å²) in [6.07, 6.45) is -1.01. The number of rotatable bonds is 8. The van der Waals surface area contributed by atoms with Crippen molar-refractivity contribution in [1.82, 2.24) is 0 Å². The summed E-state index contributed by atoms with van der Waals surface area (Å²) in [5.74, 6) is -0.659. The summed E-state index contributed by atoms with van der Waals surface area (Å²) < 4.78 is 57.1. The summed E-state index contributed by atoms with van der Waals surface area (Å²) in [6.45, 7) is 3.30. The molecule has 1 aliphatic rings. The molecule has 0 spiro atoms. The number of sulfonamides is 1. The lowest BCUT2D eigenvalue weighted by Gasteiger charge is -2.17. The molecule has 1 heterocycles. The minimum Gasteiger partial charge on any atom is -0.492 e. The Morgan fingerprint density at radius 2 is 1.72 bits per heavy atom. The Morgan fingerprint density at radius 1 is 1.09 bits per heavy atom. The summed E-state index contributed by atoms with van der Waals surface area (Å²) in [6, 6.07) is 9.86. The molecule has 2 aromatic rings. The second-order valence-corrected chi connectivity index (χ2v) is 11.2. The molecule has 1 fully saturated rings. The van der Waals surface area contributed by atoms with Gasteiger partial charge in [-0.2, -0.15) is 0 Å². The quantitative estimate of drug-likeness (QED) is 0.440. The Labute approximate surface area is 187 Å². The summed E-state index contributed by atoms with van der Waals surface area (Å²) >= 11 is 0. The van der Waals surface area contributed by atoms with Crippen LogP contribution in [0, 0.1) is 0 Å². The topological polar surface area (TPSA) is 151 Å². The Balaban J connectivity index is 1.78. The van der Waals surface area contributed by atoms with E-state index in [0.717, 1.165) is 0 Å². The van der Waals surface area contributed by atoms with Crippen LogP contribution in [-0.4, -0.2) is 58.1 Å². The fourth-order valence-electron chi connectivity index (χ4n) is 3.30. The third kappa shape index (κ3) is 5.90. The predicted molar refractivity (Wildman–Crippen MR) is 121 cm³/mol. The monoisotopic (exact) mass is 483 g/mol. The molecule has 10 nitrogen and oxygen atoms in total. The van der Waals surface area contributed by atoms with Crippen LogP contribution in [-0.2, 0) is 24.7 Å². The number of aliphatic hydroxyl groups excluding tert-OH is 1. The number of nitrogens with one attached hydrogen (secondary N) is 3. The Kier molecular flexibility index (Phi) is 6.96. The Morgan fingerprint density at radius 3 is 2.28 bits per heavy atom. The first kappa shape index (κ1) is 23.8. The maximum Gasteiger partial charge on any atom is 0.265 e. The number of carbonyl (C=O) groups excluding carboxylic acids is 1. The van der Waals surface area contributed by atoms with Gasteiger partial charge in [0.15, 0.2) is 9.84 Å². The van der Waals surface area contributed by atoms with E-state index in [1.807, 2.05) is 0 Å². The standard InChI is InChI=1S/C20H25N3O7S2/c1-3-30-19-9-8-16(21-13(2)24)10-20(19)32(28,29)23-15-6-4-14(5-7-15)22-17-11-31(26,27)12-18(17)25/h4-10,17-18,22-23,25H,3,11-12H2,1-2H3,(H,21,24). The van der Waals surface area contributed by atoms with Crippen LogP contribution in [0.3, 0.4) is 0 Å². The van der Waals surface area contributed by atoms with Gasteiger partial charge in [-0.3, -0.25) is 9.52 Å². The van der Waals surface area contributed by atoms with Crippen molar-refractivity contribution in [2.75, 3.05) is 33.5 Å². The molecule has 0 saturated carbocycles. The van der Waals surface area contributed by atoms with Crippen LogP contribution >= 0.6 is 0 Å². The molecule has 0 aromatic heterocycles. The number of hydrogen-bond acceptors (Lipinski definition) is 8. The molecular formula is C20H25N3O7S2. The van der Waals surface area contributed by atoms with E-state index in [9.17, 15) is 26.7 Å². The average molecular weight is 484 g/mol. The summed E-state index contributed by atoms with van der Waals surface area (Å²) in [4.78, 5) is 11.2. The van der Waals surface area contributed by atoms with E-state index in [1.54, 1.807) is 25.1 Å². The molecule has 12 heteroatoms. The van der Waals surface area contributed by atoms with E-state index in [4.69, 9.17) is 4.74 Å². The molecule has 32 heavy (non-hydrogen) atoms. The molecule has 2 aromatic carbocycles. The smallest absolute Gasteiger partial charge is 0.265 e. The van der Waals surface area contributed by atoms with Crippen LogP contribution < -0.4 is 20.1 Å². The number of benzene rings is 2. The van der Waals surface area contributed by atoms with Crippen LogP contribution in [0.2, 0.25) is 0 Å². The zero-order valence-electron chi connectivity index (χ0n) is 17.5. The molecule has 0 radical (unpaired) electrons. The number of amides is 1. The van der Waals surface area contributed by atoms with Gasteiger partial charge < -0.3 is 20.5 Å². The van der Waals surface area contributed by atoms with Gasteiger partial charge in [0.05, 0.1) is 30.3 Å². The van der Waals surface area contributed by atoms with Crippen LogP contribution in [0.25, 0.3) is 0 Å². The van der Waals surface area contributed by atoms with E-state index in [2.05, 4.69) is 15.4 Å². The Bertz CT molecular complexity index is 1200. The van der Waals surface area contributed by atoms with Gasteiger partial charge in [0.1, 0.15) is 10.6 Å². The molecule has 3 rings (SSSR count). The average Bonchev–Trinajstić information content (AvgIpc) is 2.95. The first-order valence-corrected chi connectivity index (χ1v) is 13.1. The maximum atomic E-state index is 13.0. The van der Waals surface area contributed by atoms with Crippen molar-refractivity contribution >= 4 is 42.8 Å². The Hall–Kier alpha value is -2.83. The van der Waals surface area contributed by atoms with Gasteiger partial charge in [-0.15, -0.1) is 0 Å². The SMILES string of the molecule is CCOc1ccc(NC(C)=O)cc1S(=O)(=O)Nc1ccc(NC2CS(=O)(=O)CC2O)cc1. The fraction of sp³-hybridized carbons (Fsp3) is 0.350. The zero-order valence-corrected chi connectivity index (χ0v) is 19.2. The predicted octanol–water partition coefficient (Wildman–Crippen LogP) is 1.41. The molecule has 1 amide bonds. The normalized spacial score (nSPS) is 19.8. The summed E-state index contributed by atoms with van der Waals surface area (Å²) in [5.41, 5.74) is 1.12. The zero-order chi connectivity index (χ0) is 23.5. The van der Waals surface area contributed by atoms with E-state index < -0.39 is 32.0 Å². The van der Waals surface area contributed by atoms with Crippen LogP contribution in [0.4, 0.5) is 17.1 Å². The van der Waals surface area contributed by atoms with E-state index in [1.165, 1.54) is 31.2 Å². The molecule has 1 saturated heterocycles. The number of anilines is 3. The van der Waals surface area contributed by atoms with Gasteiger partial charge >= 0.3 is 0 Å². The largest absolute Gasteiger partial charge is 0.492 e. The second-order valence-electron chi connectivity index (χ2n) is 7.35. The summed E-state index contributed by atoms with van der Waals surface area (Å²) in [5, 5.41) is 15.4. The molecular weight excluding hydrogens is 458 g/mol. The molecule has 0 aliphatic carbocycles. The van der Waals surface area contributed by atoms with Crippen molar-refractivity contribution in [3.8, 4) is 5.75 Å². The lowest BCUT2D eigenvalue weighted by atomic mass is 10.2. The van der Waals surface area contributed by atoms with Gasteiger partial charge in [-0.05, 0) is 49.4 Å². The van der Waals surface area contributed by atoms with Crippen molar-refractivity contribution in [2.45, 2.75) is 30.9 Å². The number of hydrogen-bond donors (Lipinski definition) is 4. The van der Waals surface area contributed by atoms with Crippen molar-refractivity contribution in [1.29, 1.82) is 0 Å². The van der Waals surface area contributed by atoms with Crippen molar-refractivity contribution in [2.24, 2.45) is 0 Å². The molecule has 174 valence electrons. The molecule has 2 atom stereocenters. The number of carbonyl (C=O) groups is 1. The highest BCUT2D eigenvalue weighted by atomic mass is 32.2. The van der Waals surface area contributed by atoms with E-state index in [0.29, 0.717) is 11.4 Å². The number of sulfone groups is 1.